The minimum Gasteiger partial charge on any atom is -0.348 e. The first kappa shape index (κ1) is 21.1. The zero-order chi connectivity index (χ0) is 20.0. The number of carbonyl (C=O) groups is 2. The summed E-state index contributed by atoms with van der Waals surface area (Å²) in [5, 5.41) is 5.78. The average Bonchev–Trinajstić information content (AvgIpc) is 3.15. The van der Waals surface area contributed by atoms with E-state index in [-0.39, 0.29) is 11.4 Å². The summed E-state index contributed by atoms with van der Waals surface area (Å²) in [6.45, 7) is 5.67. The van der Waals surface area contributed by atoms with E-state index in [0.29, 0.717) is 23.4 Å². The van der Waals surface area contributed by atoms with Crippen LogP contribution in [-0.2, 0) is 19.4 Å². The van der Waals surface area contributed by atoms with E-state index in [9.17, 15) is 18.0 Å². The Kier molecular flexibility index (Phi) is 7.15. The molecule has 1 heterocycles. The summed E-state index contributed by atoms with van der Waals surface area (Å²) >= 11 is 1.31. The molecule has 2 aromatic rings. The van der Waals surface area contributed by atoms with Gasteiger partial charge in [0.25, 0.3) is 0 Å². The number of carbonyl (C=O) groups excluding carboxylic acids is 2. The van der Waals surface area contributed by atoms with Crippen LogP contribution < -0.4 is 10.6 Å². The Balaban J connectivity index is 2.29. The number of hydrogen-bond donors (Lipinski definition) is 2. The van der Waals surface area contributed by atoms with E-state index in [0.717, 1.165) is 5.56 Å². The molecular formula is C19H24N2O4S2. The Morgan fingerprint density at radius 2 is 1.81 bits per heavy atom. The van der Waals surface area contributed by atoms with Gasteiger partial charge in [-0.05, 0) is 48.9 Å². The van der Waals surface area contributed by atoms with Crippen LogP contribution in [0.5, 0.6) is 0 Å². The molecule has 1 aromatic heterocycles. The minimum absolute atomic E-state index is 0.172. The number of rotatable bonds is 7. The van der Waals surface area contributed by atoms with Gasteiger partial charge in [-0.15, -0.1) is 11.3 Å². The molecule has 0 saturated carbocycles. The molecule has 2 amide bonds. The SMILES string of the molecule is CCCNC(=O)C(=O)NC[C@H](c1cccs1)S(=O)(=O)c1cc(C)ccc1C. The molecule has 0 radical (unpaired) electrons. The van der Waals surface area contributed by atoms with Crippen LogP contribution in [-0.4, -0.2) is 33.3 Å². The van der Waals surface area contributed by atoms with Crippen LogP contribution >= 0.6 is 11.3 Å². The molecule has 6 nitrogen and oxygen atoms in total. The molecule has 0 unspecified atom stereocenters. The zero-order valence-corrected chi connectivity index (χ0v) is 17.2. The van der Waals surface area contributed by atoms with Gasteiger partial charge in [-0.2, -0.15) is 0 Å². The lowest BCUT2D eigenvalue weighted by atomic mass is 10.2. The van der Waals surface area contributed by atoms with Gasteiger partial charge in [-0.25, -0.2) is 8.42 Å². The number of amides is 2. The van der Waals surface area contributed by atoms with Crippen LogP contribution in [0.2, 0.25) is 0 Å². The maximum atomic E-state index is 13.3. The summed E-state index contributed by atoms with van der Waals surface area (Å²) < 4.78 is 26.6. The number of nitrogens with one attached hydrogen (secondary N) is 2. The summed E-state index contributed by atoms with van der Waals surface area (Å²) in [6, 6.07) is 8.75. The second-order valence-electron chi connectivity index (χ2n) is 6.28. The number of aryl methyl sites for hydroxylation is 2. The third-order valence-corrected chi connectivity index (χ3v) is 7.43. The molecule has 27 heavy (non-hydrogen) atoms. The van der Waals surface area contributed by atoms with Crippen LogP contribution in [0.4, 0.5) is 0 Å². The van der Waals surface area contributed by atoms with Crippen LogP contribution in [0.15, 0.2) is 40.6 Å². The average molecular weight is 409 g/mol. The van der Waals surface area contributed by atoms with Crippen molar-refractivity contribution in [2.45, 2.75) is 37.3 Å². The summed E-state index contributed by atoms with van der Waals surface area (Å²) in [5.74, 6) is -1.59. The molecule has 0 aliphatic carbocycles. The molecule has 8 heteroatoms. The van der Waals surface area contributed by atoms with Crippen molar-refractivity contribution in [1.29, 1.82) is 0 Å². The molecule has 0 bridgehead atoms. The highest BCUT2D eigenvalue weighted by Gasteiger charge is 2.32. The number of benzene rings is 1. The van der Waals surface area contributed by atoms with Gasteiger partial charge in [-0.1, -0.05) is 25.1 Å². The first-order valence-electron chi connectivity index (χ1n) is 8.68. The van der Waals surface area contributed by atoms with Crippen LogP contribution in [0, 0.1) is 13.8 Å². The van der Waals surface area contributed by atoms with E-state index in [1.807, 2.05) is 19.9 Å². The van der Waals surface area contributed by atoms with Crippen molar-refractivity contribution >= 4 is 33.0 Å². The quantitative estimate of drug-likeness (QED) is 0.689. The number of thiophene rings is 1. The highest BCUT2D eigenvalue weighted by Crippen LogP contribution is 2.33. The predicted molar refractivity (Wildman–Crippen MR) is 106 cm³/mol. The standard InChI is InChI=1S/C19H24N2O4S2/c1-4-9-20-18(22)19(23)21-12-17(15-6-5-10-26-15)27(24,25)16-11-13(2)7-8-14(16)3/h5-8,10-11,17H,4,9,12H2,1-3H3,(H,20,22)(H,21,23)/t17-/m1/s1. The van der Waals surface area contributed by atoms with E-state index in [2.05, 4.69) is 10.6 Å². The Labute approximate surface area is 163 Å². The lowest BCUT2D eigenvalue weighted by molar-refractivity contribution is -0.139. The van der Waals surface area contributed by atoms with Crippen molar-refractivity contribution in [3.05, 3.63) is 51.7 Å². The lowest BCUT2D eigenvalue weighted by Crippen LogP contribution is -2.42. The van der Waals surface area contributed by atoms with Crippen LogP contribution in [0.3, 0.4) is 0 Å². The van der Waals surface area contributed by atoms with E-state index in [4.69, 9.17) is 0 Å². The molecule has 1 aromatic carbocycles. The summed E-state index contributed by atoms with van der Waals surface area (Å²) in [5.41, 5.74) is 1.49. The van der Waals surface area contributed by atoms with Gasteiger partial charge >= 0.3 is 11.8 Å². The zero-order valence-electron chi connectivity index (χ0n) is 15.6. The smallest absolute Gasteiger partial charge is 0.309 e. The van der Waals surface area contributed by atoms with Gasteiger partial charge < -0.3 is 10.6 Å². The Morgan fingerprint density at radius 1 is 1.11 bits per heavy atom. The lowest BCUT2D eigenvalue weighted by Gasteiger charge is -2.19. The largest absolute Gasteiger partial charge is 0.348 e. The molecule has 0 fully saturated rings. The molecule has 1 atom stereocenters. The summed E-state index contributed by atoms with van der Waals surface area (Å²) in [7, 11) is -3.75. The van der Waals surface area contributed by atoms with Gasteiger partial charge in [0.05, 0.1) is 4.90 Å². The fourth-order valence-electron chi connectivity index (χ4n) is 2.59. The van der Waals surface area contributed by atoms with Crippen molar-refractivity contribution in [3.63, 3.8) is 0 Å². The summed E-state index contributed by atoms with van der Waals surface area (Å²) in [4.78, 5) is 24.6. The van der Waals surface area contributed by atoms with E-state index < -0.39 is 26.9 Å². The van der Waals surface area contributed by atoms with Crippen molar-refractivity contribution in [3.8, 4) is 0 Å². The van der Waals surface area contributed by atoms with E-state index in [1.165, 1.54) is 11.3 Å². The van der Waals surface area contributed by atoms with Crippen molar-refractivity contribution in [2.75, 3.05) is 13.1 Å². The van der Waals surface area contributed by atoms with Gasteiger partial charge in [0.1, 0.15) is 5.25 Å². The molecule has 0 aliphatic heterocycles. The molecule has 2 N–H and O–H groups in total. The van der Waals surface area contributed by atoms with Crippen LogP contribution in [0.25, 0.3) is 0 Å². The van der Waals surface area contributed by atoms with Gasteiger partial charge in [0.2, 0.25) is 0 Å². The molecule has 0 saturated heterocycles. The molecule has 146 valence electrons. The van der Waals surface area contributed by atoms with Gasteiger partial charge in [0, 0.05) is 18.0 Å². The molecule has 2 rings (SSSR count). The first-order chi connectivity index (χ1) is 12.8. The second kappa shape index (κ2) is 9.14. The van der Waals surface area contributed by atoms with Crippen molar-refractivity contribution < 1.29 is 18.0 Å². The highest BCUT2D eigenvalue weighted by atomic mass is 32.2. The summed E-state index contributed by atoms with van der Waals surface area (Å²) in [6.07, 6.45) is 0.706. The third kappa shape index (κ3) is 5.17. The highest BCUT2D eigenvalue weighted by molar-refractivity contribution is 7.92. The Morgan fingerprint density at radius 3 is 2.44 bits per heavy atom. The fourth-order valence-corrected chi connectivity index (χ4v) is 5.70. The fraction of sp³-hybridized carbons (Fsp3) is 0.368. The topological polar surface area (TPSA) is 92.3 Å². The monoisotopic (exact) mass is 408 g/mol. The van der Waals surface area contributed by atoms with E-state index in [1.54, 1.807) is 36.6 Å². The number of sulfone groups is 1. The Bertz CT molecular complexity index is 906. The van der Waals surface area contributed by atoms with Gasteiger partial charge in [-0.3, -0.25) is 9.59 Å². The van der Waals surface area contributed by atoms with Gasteiger partial charge in [0.15, 0.2) is 9.84 Å². The van der Waals surface area contributed by atoms with E-state index >= 15 is 0 Å². The van der Waals surface area contributed by atoms with Crippen molar-refractivity contribution in [1.82, 2.24) is 10.6 Å². The normalized spacial score (nSPS) is 12.4. The van der Waals surface area contributed by atoms with Crippen LogP contribution in [0.1, 0.15) is 34.6 Å². The molecule has 0 aliphatic rings. The maximum Gasteiger partial charge on any atom is 0.309 e. The molecular weight excluding hydrogens is 384 g/mol. The third-order valence-electron chi connectivity index (χ3n) is 4.08. The maximum absolute atomic E-state index is 13.3. The molecule has 0 spiro atoms. The number of hydrogen-bond acceptors (Lipinski definition) is 5. The predicted octanol–water partition coefficient (Wildman–Crippen LogP) is 2.52. The first-order valence-corrected chi connectivity index (χ1v) is 11.1. The van der Waals surface area contributed by atoms with Crippen molar-refractivity contribution in [2.24, 2.45) is 0 Å². The Hall–Kier alpha value is -2.19. The second-order valence-corrected chi connectivity index (χ2v) is 9.36. The minimum atomic E-state index is -3.75.